The minimum atomic E-state index is 0.882. The highest BCUT2D eigenvalue weighted by Crippen LogP contribution is 2.40. The monoisotopic (exact) mass is 650 g/mol. The molecule has 2 heterocycles. The average molecular weight is 651 g/mol. The number of fused-ring (bicyclic) bond motifs is 6. The van der Waals surface area contributed by atoms with Gasteiger partial charge in [-0.15, -0.1) is 6.58 Å². The molecule has 2 aromatic heterocycles. The summed E-state index contributed by atoms with van der Waals surface area (Å²) < 4.78 is 0. The van der Waals surface area contributed by atoms with E-state index in [9.17, 15) is 0 Å². The van der Waals surface area contributed by atoms with Crippen LogP contribution in [0.1, 0.15) is 5.56 Å². The molecule has 0 bridgehead atoms. The van der Waals surface area contributed by atoms with E-state index in [1.54, 1.807) is 0 Å². The summed E-state index contributed by atoms with van der Waals surface area (Å²) in [6, 6.07) is 59.1. The van der Waals surface area contributed by atoms with Gasteiger partial charge in [0.05, 0.1) is 11.4 Å². The first-order valence-corrected chi connectivity index (χ1v) is 17.4. The third-order valence-electron chi connectivity index (χ3n) is 9.89. The molecule has 7 aromatic carbocycles. The molecule has 0 aliphatic carbocycles. The summed E-state index contributed by atoms with van der Waals surface area (Å²) >= 11 is 0. The van der Waals surface area contributed by atoms with E-state index < -0.39 is 0 Å². The van der Waals surface area contributed by atoms with Gasteiger partial charge in [0.25, 0.3) is 0 Å². The van der Waals surface area contributed by atoms with Gasteiger partial charge in [-0.05, 0) is 138 Å². The Balaban J connectivity index is 1.15. The van der Waals surface area contributed by atoms with E-state index in [1.165, 1.54) is 60.1 Å². The smallest absolute Gasteiger partial charge is 0.0702 e. The Labute approximate surface area is 298 Å². The maximum Gasteiger partial charge on any atom is 0.0702 e. The van der Waals surface area contributed by atoms with Crippen molar-refractivity contribution >= 4 is 32.3 Å². The van der Waals surface area contributed by atoms with Crippen molar-refractivity contribution in [3.63, 3.8) is 0 Å². The largest absolute Gasteiger partial charge is 0.256 e. The Morgan fingerprint density at radius 2 is 0.804 bits per heavy atom. The molecule has 0 unspecified atom stereocenters. The second-order valence-corrected chi connectivity index (χ2v) is 13.1. The first-order valence-electron chi connectivity index (χ1n) is 17.4. The quantitative estimate of drug-likeness (QED) is 0.127. The number of aromatic nitrogens is 2. The number of hydrogen-bond acceptors (Lipinski definition) is 2. The summed E-state index contributed by atoms with van der Waals surface area (Å²) in [4.78, 5) is 9.33. The lowest BCUT2D eigenvalue weighted by atomic mass is 9.89. The zero-order valence-electron chi connectivity index (χ0n) is 28.1. The van der Waals surface area contributed by atoms with Gasteiger partial charge in [0.15, 0.2) is 0 Å². The second-order valence-electron chi connectivity index (χ2n) is 13.1. The third-order valence-corrected chi connectivity index (χ3v) is 9.89. The van der Waals surface area contributed by atoms with Crippen molar-refractivity contribution in [1.29, 1.82) is 0 Å². The number of allylic oxidation sites excluding steroid dienone is 1. The zero-order chi connectivity index (χ0) is 34.1. The van der Waals surface area contributed by atoms with Crippen molar-refractivity contribution in [2.45, 2.75) is 6.42 Å². The lowest BCUT2D eigenvalue weighted by molar-refractivity contribution is 1.28. The van der Waals surface area contributed by atoms with Crippen molar-refractivity contribution in [3.8, 4) is 55.9 Å². The molecule has 0 fully saturated rings. The number of hydrogen-bond donors (Lipinski definition) is 0. The molecule has 2 heteroatoms. The summed E-state index contributed by atoms with van der Waals surface area (Å²) in [5, 5.41) is 7.60. The van der Waals surface area contributed by atoms with Crippen molar-refractivity contribution < 1.29 is 0 Å². The summed E-state index contributed by atoms with van der Waals surface area (Å²) in [6.45, 7) is 3.88. The van der Waals surface area contributed by atoms with Crippen LogP contribution in [0.5, 0.6) is 0 Å². The SMILES string of the molecule is C=CCc1ccc(-c2ccc3c4ccc(-c5cccc(-c6cc(-c7ccccn7)cc(-c7ccccn7)c6)c5)cc4c4ccccc4c3c2)cc1. The van der Waals surface area contributed by atoms with E-state index in [0.717, 1.165) is 40.1 Å². The van der Waals surface area contributed by atoms with E-state index in [-0.39, 0.29) is 0 Å². The Morgan fingerprint density at radius 3 is 1.35 bits per heavy atom. The van der Waals surface area contributed by atoms with Crippen LogP contribution in [0.3, 0.4) is 0 Å². The van der Waals surface area contributed by atoms with Crippen molar-refractivity contribution in [2.75, 3.05) is 0 Å². The Hall–Kier alpha value is -6.64. The third kappa shape index (κ3) is 5.77. The predicted molar refractivity (Wildman–Crippen MR) is 216 cm³/mol. The molecule has 0 saturated carbocycles. The first-order chi connectivity index (χ1) is 25.2. The van der Waals surface area contributed by atoms with Crippen LogP contribution in [0.2, 0.25) is 0 Å². The molecule has 0 N–H and O–H groups in total. The highest BCUT2D eigenvalue weighted by atomic mass is 14.7. The number of benzene rings is 7. The van der Waals surface area contributed by atoms with Gasteiger partial charge >= 0.3 is 0 Å². The summed E-state index contributed by atoms with van der Waals surface area (Å²) in [5.41, 5.74) is 12.4. The molecular weight excluding hydrogens is 617 g/mol. The maximum absolute atomic E-state index is 4.67. The van der Waals surface area contributed by atoms with Crippen LogP contribution in [0.25, 0.3) is 88.2 Å². The molecule has 2 nitrogen and oxygen atoms in total. The molecule has 0 spiro atoms. The van der Waals surface area contributed by atoms with Gasteiger partial charge in [0, 0.05) is 23.5 Å². The topological polar surface area (TPSA) is 25.8 Å². The van der Waals surface area contributed by atoms with Gasteiger partial charge in [-0.2, -0.15) is 0 Å². The second kappa shape index (κ2) is 13.0. The van der Waals surface area contributed by atoms with Crippen LogP contribution in [-0.2, 0) is 6.42 Å². The van der Waals surface area contributed by atoms with Gasteiger partial charge in [0.2, 0.25) is 0 Å². The number of rotatable bonds is 7. The van der Waals surface area contributed by atoms with Gasteiger partial charge in [-0.1, -0.05) is 109 Å². The highest BCUT2D eigenvalue weighted by Gasteiger charge is 2.13. The van der Waals surface area contributed by atoms with Crippen molar-refractivity contribution in [1.82, 2.24) is 9.97 Å². The Kier molecular flexibility index (Phi) is 7.75. The van der Waals surface area contributed by atoms with Crippen LogP contribution in [0, 0.1) is 0 Å². The van der Waals surface area contributed by atoms with E-state index in [1.807, 2.05) is 42.7 Å². The highest BCUT2D eigenvalue weighted by molar-refractivity contribution is 6.26. The van der Waals surface area contributed by atoms with E-state index >= 15 is 0 Å². The number of pyridine rings is 2. The molecule has 9 rings (SSSR count). The number of nitrogens with zero attached hydrogens (tertiary/aromatic N) is 2. The van der Waals surface area contributed by atoms with Crippen LogP contribution < -0.4 is 0 Å². The molecule has 0 saturated heterocycles. The van der Waals surface area contributed by atoms with Crippen LogP contribution >= 0.6 is 0 Å². The Bertz CT molecular complexity index is 2630. The van der Waals surface area contributed by atoms with E-state index in [2.05, 4.69) is 156 Å². The zero-order valence-corrected chi connectivity index (χ0v) is 28.1. The molecule has 0 atom stereocenters. The molecule has 0 radical (unpaired) electrons. The summed E-state index contributed by atoms with van der Waals surface area (Å²) in [7, 11) is 0. The predicted octanol–water partition coefficient (Wildman–Crippen LogP) is 13.0. The molecule has 51 heavy (non-hydrogen) atoms. The van der Waals surface area contributed by atoms with E-state index in [4.69, 9.17) is 0 Å². The fraction of sp³-hybridized carbons (Fsp3) is 0.0204. The van der Waals surface area contributed by atoms with Gasteiger partial charge in [-0.3, -0.25) is 9.97 Å². The van der Waals surface area contributed by atoms with Crippen molar-refractivity contribution in [3.05, 3.63) is 194 Å². The molecule has 240 valence electrons. The van der Waals surface area contributed by atoms with Gasteiger partial charge in [0.1, 0.15) is 0 Å². The fourth-order valence-electron chi connectivity index (χ4n) is 7.35. The summed E-state index contributed by atoms with van der Waals surface area (Å²) in [6.07, 6.45) is 6.52. The normalized spacial score (nSPS) is 11.3. The average Bonchev–Trinajstić information content (AvgIpc) is 3.21. The molecule has 0 aliphatic heterocycles. The molecule has 0 aliphatic rings. The lowest BCUT2D eigenvalue weighted by Gasteiger charge is -2.14. The first kappa shape index (κ1) is 30.4. The minimum Gasteiger partial charge on any atom is -0.256 e. The molecular formula is C49H34N2. The molecule has 0 amide bonds. The molecule has 9 aromatic rings. The van der Waals surface area contributed by atoms with Crippen LogP contribution in [-0.4, -0.2) is 9.97 Å². The van der Waals surface area contributed by atoms with Crippen LogP contribution in [0.15, 0.2) is 189 Å². The maximum atomic E-state index is 4.67. The van der Waals surface area contributed by atoms with Gasteiger partial charge in [-0.25, -0.2) is 0 Å². The Morgan fingerprint density at radius 1 is 0.353 bits per heavy atom. The fourth-order valence-corrected chi connectivity index (χ4v) is 7.35. The minimum absolute atomic E-state index is 0.882. The standard InChI is InChI=1S/C49H34N2/c1-2-10-33-17-19-34(20-18-33)37-21-23-44-45-24-22-38(32-47(45)43-14-4-3-13-42(43)46(44)31-37)35-11-9-12-36(27-35)39-28-40(48-15-5-7-25-50-48)30-41(29-39)49-16-6-8-26-51-49/h2-9,11-32H,1,10H2. The van der Waals surface area contributed by atoms with Crippen LogP contribution in [0.4, 0.5) is 0 Å². The van der Waals surface area contributed by atoms with Crippen molar-refractivity contribution in [2.24, 2.45) is 0 Å². The van der Waals surface area contributed by atoms with Gasteiger partial charge < -0.3 is 0 Å². The summed E-state index contributed by atoms with van der Waals surface area (Å²) in [5.74, 6) is 0. The van der Waals surface area contributed by atoms with E-state index in [0.29, 0.717) is 0 Å². The lowest BCUT2D eigenvalue weighted by Crippen LogP contribution is -1.90.